The Morgan fingerprint density at radius 2 is 1.81 bits per heavy atom. The summed E-state index contributed by atoms with van der Waals surface area (Å²) in [6.45, 7) is 9.88. The van der Waals surface area contributed by atoms with E-state index in [0.29, 0.717) is 0 Å². The lowest BCUT2D eigenvalue weighted by molar-refractivity contribution is 0.0132. The standard InChI is InChI=1S/C14H31NO/c1-6-10-13(15-7-2)11-8-9-12-14(3,4)16-5/h13,15H,6-12H2,1-5H3. The zero-order chi connectivity index (χ0) is 12.4. The molecule has 0 saturated carbocycles. The molecule has 0 aromatic carbocycles. The van der Waals surface area contributed by atoms with E-state index in [4.69, 9.17) is 4.74 Å². The summed E-state index contributed by atoms with van der Waals surface area (Å²) >= 11 is 0. The van der Waals surface area contributed by atoms with Crippen LogP contribution in [0.25, 0.3) is 0 Å². The van der Waals surface area contributed by atoms with E-state index in [-0.39, 0.29) is 5.60 Å². The van der Waals surface area contributed by atoms with Gasteiger partial charge in [0.25, 0.3) is 0 Å². The average molecular weight is 229 g/mol. The van der Waals surface area contributed by atoms with Crippen LogP contribution in [0.2, 0.25) is 0 Å². The summed E-state index contributed by atoms with van der Waals surface area (Å²) in [5, 5.41) is 3.56. The Morgan fingerprint density at radius 3 is 2.31 bits per heavy atom. The van der Waals surface area contributed by atoms with Crippen LogP contribution in [0.1, 0.15) is 66.2 Å². The minimum Gasteiger partial charge on any atom is -0.379 e. The van der Waals surface area contributed by atoms with Gasteiger partial charge in [-0.15, -0.1) is 0 Å². The first-order valence-corrected chi connectivity index (χ1v) is 6.84. The van der Waals surface area contributed by atoms with Crippen molar-refractivity contribution in [3.8, 4) is 0 Å². The van der Waals surface area contributed by atoms with E-state index < -0.39 is 0 Å². The van der Waals surface area contributed by atoms with Crippen molar-refractivity contribution in [2.45, 2.75) is 77.9 Å². The lowest BCUT2D eigenvalue weighted by Gasteiger charge is -2.23. The van der Waals surface area contributed by atoms with Gasteiger partial charge in [-0.2, -0.15) is 0 Å². The zero-order valence-electron chi connectivity index (χ0n) is 11.9. The summed E-state index contributed by atoms with van der Waals surface area (Å²) in [4.78, 5) is 0. The van der Waals surface area contributed by atoms with Gasteiger partial charge in [0.1, 0.15) is 0 Å². The minimum absolute atomic E-state index is 0.0540. The fourth-order valence-corrected chi connectivity index (χ4v) is 2.03. The SMILES string of the molecule is CCCC(CCCCC(C)(C)OC)NCC. The fraction of sp³-hybridized carbons (Fsp3) is 1.00. The molecular weight excluding hydrogens is 198 g/mol. The van der Waals surface area contributed by atoms with Crippen molar-refractivity contribution < 1.29 is 4.74 Å². The highest BCUT2D eigenvalue weighted by atomic mass is 16.5. The summed E-state index contributed by atoms with van der Waals surface area (Å²) in [7, 11) is 1.80. The molecule has 0 aromatic heterocycles. The van der Waals surface area contributed by atoms with Gasteiger partial charge in [0.2, 0.25) is 0 Å². The van der Waals surface area contributed by atoms with Crippen LogP contribution in [-0.2, 0) is 4.74 Å². The first kappa shape index (κ1) is 15.9. The number of methoxy groups -OCH3 is 1. The van der Waals surface area contributed by atoms with Gasteiger partial charge < -0.3 is 10.1 Å². The molecule has 0 amide bonds. The molecular formula is C14H31NO. The second-order valence-electron chi connectivity index (χ2n) is 5.25. The summed E-state index contributed by atoms with van der Waals surface area (Å²) in [5.41, 5.74) is 0.0540. The molecule has 1 unspecified atom stereocenters. The van der Waals surface area contributed by atoms with E-state index in [1.807, 2.05) is 0 Å². The number of unbranched alkanes of at least 4 members (excludes halogenated alkanes) is 1. The molecule has 2 nitrogen and oxygen atoms in total. The number of nitrogens with one attached hydrogen (secondary N) is 1. The molecule has 0 saturated heterocycles. The Hall–Kier alpha value is -0.0800. The van der Waals surface area contributed by atoms with Gasteiger partial charge >= 0.3 is 0 Å². The minimum atomic E-state index is 0.0540. The van der Waals surface area contributed by atoms with Crippen molar-refractivity contribution in [2.75, 3.05) is 13.7 Å². The van der Waals surface area contributed by atoms with Crippen LogP contribution in [0.4, 0.5) is 0 Å². The molecule has 16 heavy (non-hydrogen) atoms. The van der Waals surface area contributed by atoms with E-state index in [1.165, 1.54) is 32.1 Å². The maximum Gasteiger partial charge on any atom is 0.0622 e. The van der Waals surface area contributed by atoms with Crippen molar-refractivity contribution in [1.29, 1.82) is 0 Å². The van der Waals surface area contributed by atoms with Crippen molar-refractivity contribution in [1.82, 2.24) is 5.32 Å². The molecule has 0 fully saturated rings. The first-order chi connectivity index (χ1) is 7.55. The van der Waals surface area contributed by atoms with Crippen molar-refractivity contribution in [3.05, 3.63) is 0 Å². The monoisotopic (exact) mass is 229 g/mol. The van der Waals surface area contributed by atoms with E-state index >= 15 is 0 Å². The van der Waals surface area contributed by atoms with E-state index in [9.17, 15) is 0 Å². The molecule has 0 spiro atoms. The van der Waals surface area contributed by atoms with Crippen molar-refractivity contribution in [3.63, 3.8) is 0 Å². The second-order valence-corrected chi connectivity index (χ2v) is 5.25. The molecule has 0 aliphatic rings. The van der Waals surface area contributed by atoms with E-state index in [0.717, 1.165) is 19.0 Å². The topological polar surface area (TPSA) is 21.3 Å². The Bertz CT molecular complexity index is 151. The predicted molar refractivity (Wildman–Crippen MR) is 71.9 cm³/mol. The Balaban J connectivity index is 3.61. The van der Waals surface area contributed by atoms with Crippen molar-refractivity contribution in [2.24, 2.45) is 0 Å². The Labute approximate surface area is 102 Å². The highest BCUT2D eigenvalue weighted by Crippen LogP contribution is 2.18. The van der Waals surface area contributed by atoms with Gasteiger partial charge in [0, 0.05) is 13.2 Å². The molecule has 1 atom stereocenters. The fourth-order valence-electron chi connectivity index (χ4n) is 2.03. The number of hydrogen-bond donors (Lipinski definition) is 1. The largest absolute Gasteiger partial charge is 0.379 e. The predicted octanol–water partition coefficient (Wildman–Crippen LogP) is 3.75. The van der Waals surface area contributed by atoms with Crippen LogP contribution in [0.5, 0.6) is 0 Å². The lowest BCUT2D eigenvalue weighted by Crippen LogP contribution is -2.29. The third kappa shape index (κ3) is 8.12. The zero-order valence-corrected chi connectivity index (χ0v) is 11.9. The van der Waals surface area contributed by atoms with Crippen LogP contribution in [0.15, 0.2) is 0 Å². The van der Waals surface area contributed by atoms with Gasteiger partial charge in [0.05, 0.1) is 5.60 Å². The van der Waals surface area contributed by atoms with Crippen LogP contribution in [0.3, 0.4) is 0 Å². The summed E-state index contributed by atoms with van der Waals surface area (Å²) in [5.74, 6) is 0. The lowest BCUT2D eigenvalue weighted by atomic mass is 9.98. The van der Waals surface area contributed by atoms with Crippen LogP contribution >= 0.6 is 0 Å². The van der Waals surface area contributed by atoms with Gasteiger partial charge in [-0.25, -0.2) is 0 Å². The van der Waals surface area contributed by atoms with Gasteiger partial charge in [-0.05, 0) is 39.7 Å². The molecule has 98 valence electrons. The molecule has 0 bridgehead atoms. The number of ether oxygens (including phenoxy) is 1. The number of rotatable bonds is 10. The van der Waals surface area contributed by atoms with E-state index in [1.54, 1.807) is 7.11 Å². The van der Waals surface area contributed by atoms with Crippen LogP contribution < -0.4 is 5.32 Å². The highest BCUT2D eigenvalue weighted by molar-refractivity contribution is 4.70. The third-order valence-corrected chi connectivity index (χ3v) is 3.26. The molecule has 0 heterocycles. The van der Waals surface area contributed by atoms with E-state index in [2.05, 4.69) is 33.0 Å². The first-order valence-electron chi connectivity index (χ1n) is 6.84. The second kappa shape index (κ2) is 9.00. The quantitative estimate of drug-likeness (QED) is 0.576. The maximum atomic E-state index is 5.42. The van der Waals surface area contributed by atoms with Gasteiger partial charge in [0.15, 0.2) is 0 Å². The third-order valence-electron chi connectivity index (χ3n) is 3.26. The maximum absolute atomic E-state index is 5.42. The highest BCUT2D eigenvalue weighted by Gasteiger charge is 2.15. The molecule has 0 radical (unpaired) electrons. The van der Waals surface area contributed by atoms with Gasteiger partial charge in [-0.3, -0.25) is 0 Å². The van der Waals surface area contributed by atoms with Crippen LogP contribution in [0, 0.1) is 0 Å². The summed E-state index contributed by atoms with van der Waals surface area (Å²) in [6.07, 6.45) is 7.63. The molecule has 0 aliphatic heterocycles. The normalized spacial score (nSPS) is 14.1. The summed E-state index contributed by atoms with van der Waals surface area (Å²) in [6, 6.07) is 0.723. The number of hydrogen-bond acceptors (Lipinski definition) is 2. The Kier molecular flexibility index (Phi) is 8.96. The molecule has 1 N–H and O–H groups in total. The molecule has 0 aliphatic carbocycles. The Morgan fingerprint density at radius 1 is 1.12 bits per heavy atom. The summed E-state index contributed by atoms with van der Waals surface area (Å²) < 4.78 is 5.42. The average Bonchev–Trinajstić information content (AvgIpc) is 2.25. The van der Waals surface area contributed by atoms with Crippen LogP contribution in [-0.4, -0.2) is 25.3 Å². The molecule has 0 rings (SSSR count). The van der Waals surface area contributed by atoms with Crippen molar-refractivity contribution >= 4 is 0 Å². The van der Waals surface area contributed by atoms with Gasteiger partial charge in [-0.1, -0.05) is 33.1 Å². The molecule has 0 aromatic rings. The molecule has 2 heteroatoms. The smallest absolute Gasteiger partial charge is 0.0622 e.